The number of ether oxygens (including phenoxy) is 2. The lowest BCUT2D eigenvalue weighted by Gasteiger charge is -2.25. The van der Waals surface area contributed by atoms with Gasteiger partial charge >= 0.3 is 0 Å². The molecule has 18 heavy (non-hydrogen) atoms. The Morgan fingerprint density at radius 2 is 1.61 bits per heavy atom. The minimum Gasteiger partial charge on any atom is -0.354 e. The Morgan fingerprint density at radius 1 is 1.11 bits per heavy atom. The molecule has 1 atom stereocenters. The molecule has 0 aromatic heterocycles. The van der Waals surface area contributed by atoms with Crippen molar-refractivity contribution in [2.75, 3.05) is 14.2 Å². The van der Waals surface area contributed by atoms with Gasteiger partial charge in [-0.25, -0.2) is 0 Å². The number of nitrogens with one attached hydrogen (secondary N) is 1. The van der Waals surface area contributed by atoms with Gasteiger partial charge in [-0.15, -0.1) is 0 Å². The Balaban J connectivity index is 2.94. The van der Waals surface area contributed by atoms with Crippen molar-refractivity contribution in [3.8, 4) is 0 Å². The van der Waals surface area contributed by atoms with Crippen LogP contribution in [0.1, 0.15) is 22.3 Å². The Hall–Kier alpha value is -0.940. The third kappa shape index (κ3) is 3.53. The first kappa shape index (κ1) is 15.1. The molecule has 0 aliphatic carbocycles. The summed E-state index contributed by atoms with van der Waals surface area (Å²) < 4.78 is 10.5. The van der Waals surface area contributed by atoms with Crippen LogP contribution < -0.4 is 11.3 Å². The highest BCUT2D eigenvalue weighted by Crippen LogP contribution is 2.19. The van der Waals surface area contributed by atoms with Gasteiger partial charge in [0.15, 0.2) is 6.29 Å². The van der Waals surface area contributed by atoms with Crippen LogP contribution in [0.5, 0.6) is 0 Å². The lowest BCUT2D eigenvalue weighted by molar-refractivity contribution is -0.122. The van der Waals surface area contributed by atoms with Gasteiger partial charge in [0.1, 0.15) is 0 Å². The number of benzene rings is 1. The van der Waals surface area contributed by atoms with Gasteiger partial charge in [0.2, 0.25) is 0 Å². The summed E-state index contributed by atoms with van der Waals surface area (Å²) in [5, 5.41) is 0. The summed E-state index contributed by atoms with van der Waals surface area (Å²) >= 11 is 0. The van der Waals surface area contributed by atoms with Crippen LogP contribution in [-0.2, 0) is 15.9 Å². The van der Waals surface area contributed by atoms with Gasteiger partial charge in [-0.05, 0) is 43.9 Å². The zero-order valence-electron chi connectivity index (χ0n) is 11.9. The molecular weight excluding hydrogens is 228 g/mol. The molecule has 1 unspecified atom stereocenters. The molecule has 0 spiro atoms. The highest BCUT2D eigenvalue weighted by molar-refractivity contribution is 5.38. The van der Waals surface area contributed by atoms with Gasteiger partial charge in [0, 0.05) is 14.2 Å². The van der Waals surface area contributed by atoms with Crippen molar-refractivity contribution in [1.29, 1.82) is 0 Å². The third-order valence-electron chi connectivity index (χ3n) is 3.27. The first-order valence-electron chi connectivity index (χ1n) is 6.12. The fraction of sp³-hybridized carbons (Fsp3) is 0.571. The van der Waals surface area contributed by atoms with Crippen LogP contribution in [0.3, 0.4) is 0 Å². The summed E-state index contributed by atoms with van der Waals surface area (Å²) in [6.07, 6.45) is 0.427. The van der Waals surface area contributed by atoms with E-state index in [0.717, 1.165) is 6.42 Å². The molecule has 0 aliphatic rings. The van der Waals surface area contributed by atoms with Crippen LogP contribution in [0.2, 0.25) is 0 Å². The zero-order valence-corrected chi connectivity index (χ0v) is 11.9. The normalized spacial score (nSPS) is 13.1. The molecule has 0 radical (unpaired) electrons. The van der Waals surface area contributed by atoms with Gasteiger partial charge in [-0.1, -0.05) is 17.7 Å². The maximum absolute atomic E-state index is 5.59. The molecule has 1 aromatic carbocycles. The maximum Gasteiger partial charge on any atom is 0.173 e. The van der Waals surface area contributed by atoms with E-state index in [-0.39, 0.29) is 12.3 Å². The monoisotopic (exact) mass is 252 g/mol. The average Bonchev–Trinajstić information content (AvgIpc) is 2.32. The number of hydrogen-bond donors (Lipinski definition) is 2. The van der Waals surface area contributed by atoms with E-state index in [9.17, 15) is 0 Å². The van der Waals surface area contributed by atoms with Gasteiger partial charge in [0.25, 0.3) is 0 Å². The van der Waals surface area contributed by atoms with Crippen molar-refractivity contribution >= 4 is 0 Å². The van der Waals surface area contributed by atoms with Gasteiger partial charge < -0.3 is 9.47 Å². The number of hydrazine groups is 1. The Labute approximate surface area is 109 Å². The van der Waals surface area contributed by atoms with E-state index in [4.69, 9.17) is 15.3 Å². The predicted octanol–water partition coefficient (Wildman–Crippen LogP) is 1.61. The van der Waals surface area contributed by atoms with Crippen LogP contribution in [-0.4, -0.2) is 26.6 Å². The smallest absolute Gasteiger partial charge is 0.173 e. The molecule has 0 saturated heterocycles. The Kier molecular flexibility index (Phi) is 5.75. The molecule has 1 rings (SSSR count). The van der Waals surface area contributed by atoms with Crippen molar-refractivity contribution < 1.29 is 9.47 Å². The van der Waals surface area contributed by atoms with E-state index in [1.54, 1.807) is 14.2 Å². The molecule has 0 saturated carbocycles. The molecule has 3 N–H and O–H groups in total. The first-order chi connectivity index (χ1) is 8.53. The van der Waals surface area contributed by atoms with E-state index in [1.165, 1.54) is 22.3 Å². The fourth-order valence-corrected chi connectivity index (χ4v) is 2.41. The Morgan fingerprint density at radius 3 is 2.00 bits per heavy atom. The van der Waals surface area contributed by atoms with E-state index >= 15 is 0 Å². The van der Waals surface area contributed by atoms with Crippen molar-refractivity contribution in [3.05, 3.63) is 34.4 Å². The topological polar surface area (TPSA) is 56.5 Å². The minimum absolute atomic E-state index is 0.0693. The average molecular weight is 252 g/mol. The summed E-state index contributed by atoms with van der Waals surface area (Å²) in [7, 11) is 3.24. The number of aryl methyl sites for hydroxylation is 3. The summed E-state index contributed by atoms with van der Waals surface area (Å²) in [5.41, 5.74) is 7.90. The second-order valence-electron chi connectivity index (χ2n) is 4.69. The second kappa shape index (κ2) is 6.85. The minimum atomic E-state index is -0.352. The van der Waals surface area contributed by atoms with Gasteiger partial charge in [-0.3, -0.25) is 11.3 Å². The summed E-state index contributed by atoms with van der Waals surface area (Å²) in [6.45, 7) is 6.35. The largest absolute Gasteiger partial charge is 0.354 e. The molecular formula is C14H24N2O2. The standard InChI is InChI=1S/C14H24N2O2/c1-9-6-10(2)12(11(3)7-9)8-13(16-15)14(17-4)18-5/h6-7,13-14,16H,8,15H2,1-5H3. The lowest BCUT2D eigenvalue weighted by Crippen LogP contribution is -2.47. The van der Waals surface area contributed by atoms with E-state index in [0.29, 0.717) is 0 Å². The van der Waals surface area contributed by atoms with Crippen molar-refractivity contribution in [2.24, 2.45) is 5.84 Å². The third-order valence-corrected chi connectivity index (χ3v) is 3.27. The zero-order chi connectivity index (χ0) is 13.7. The van der Waals surface area contributed by atoms with Crippen molar-refractivity contribution in [3.63, 3.8) is 0 Å². The SMILES string of the molecule is COC(OC)C(Cc1c(C)cc(C)cc1C)NN. The number of hydrogen-bond acceptors (Lipinski definition) is 4. The van der Waals surface area contributed by atoms with Crippen molar-refractivity contribution in [1.82, 2.24) is 5.43 Å². The van der Waals surface area contributed by atoms with Crippen LogP contribution in [0.15, 0.2) is 12.1 Å². The first-order valence-corrected chi connectivity index (χ1v) is 6.12. The molecule has 4 heteroatoms. The van der Waals surface area contributed by atoms with Crippen molar-refractivity contribution in [2.45, 2.75) is 39.5 Å². The summed E-state index contributed by atoms with van der Waals surface area (Å²) in [6, 6.07) is 4.30. The van der Waals surface area contributed by atoms with E-state index in [1.807, 2.05) is 0 Å². The molecule has 4 nitrogen and oxygen atoms in total. The maximum atomic E-state index is 5.59. The highest BCUT2D eigenvalue weighted by atomic mass is 16.7. The lowest BCUT2D eigenvalue weighted by atomic mass is 9.94. The van der Waals surface area contributed by atoms with E-state index in [2.05, 4.69) is 38.3 Å². The molecule has 0 bridgehead atoms. The van der Waals surface area contributed by atoms with Gasteiger partial charge in [-0.2, -0.15) is 0 Å². The number of nitrogens with two attached hydrogens (primary N) is 1. The molecule has 0 fully saturated rings. The summed E-state index contributed by atoms with van der Waals surface area (Å²) in [4.78, 5) is 0. The van der Waals surface area contributed by atoms with Crippen LogP contribution >= 0.6 is 0 Å². The summed E-state index contributed by atoms with van der Waals surface area (Å²) in [5.74, 6) is 5.59. The molecule has 102 valence electrons. The number of methoxy groups -OCH3 is 2. The number of rotatable bonds is 6. The van der Waals surface area contributed by atoms with Crippen LogP contribution in [0.4, 0.5) is 0 Å². The van der Waals surface area contributed by atoms with E-state index < -0.39 is 0 Å². The van der Waals surface area contributed by atoms with Crippen LogP contribution in [0, 0.1) is 20.8 Å². The predicted molar refractivity (Wildman–Crippen MR) is 73.3 cm³/mol. The molecule has 0 aliphatic heterocycles. The van der Waals surface area contributed by atoms with Gasteiger partial charge in [0.05, 0.1) is 6.04 Å². The molecule has 0 heterocycles. The molecule has 1 aromatic rings. The Bertz CT molecular complexity index is 366. The van der Waals surface area contributed by atoms with Crippen LogP contribution in [0.25, 0.3) is 0 Å². The highest BCUT2D eigenvalue weighted by Gasteiger charge is 2.21. The molecule has 0 amide bonds. The fourth-order valence-electron chi connectivity index (χ4n) is 2.41. The quantitative estimate of drug-likeness (QED) is 0.459. The second-order valence-corrected chi connectivity index (χ2v) is 4.69.